The van der Waals surface area contributed by atoms with Gasteiger partial charge >= 0.3 is 0 Å². The van der Waals surface area contributed by atoms with Crippen molar-refractivity contribution in [1.29, 1.82) is 0 Å². The molecule has 0 aliphatic carbocycles. The Hall–Kier alpha value is -1.35. The van der Waals surface area contributed by atoms with Crippen LogP contribution in [0.5, 0.6) is 0 Å². The highest BCUT2D eigenvalue weighted by atomic mass is 16.2. The van der Waals surface area contributed by atoms with Crippen LogP contribution in [0.4, 0.5) is 5.69 Å². The number of rotatable bonds is 0. The molecule has 2 saturated heterocycles. The molecule has 1 spiro atoms. The van der Waals surface area contributed by atoms with E-state index in [1.54, 1.807) is 0 Å². The number of piperidine rings is 1. The largest absolute Gasteiger partial charge is 0.314 e. The highest BCUT2D eigenvalue weighted by molar-refractivity contribution is 6.08. The second-order valence-electron chi connectivity index (χ2n) is 6.15. The molecule has 3 aliphatic rings. The summed E-state index contributed by atoms with van der Waals surface area (Å²) in [5.41, 5.74) is 2.16. The first-order chi connectivity index (χ1) is 12.2. The number of nitrogens with zero attached hydrogens (tertiary/aromatic N) is 2. The van der Waals surface area contributed by atoms with Crippen molar-refractivity contribution in [2.75, 3.05) is 25.0 Å². The van der Waals surface area contributed by atoms with Gasteiger partial charge in [-0.25, -0.2) is 0 Å². The van der Waals surface area contributed by atoms with Crippen LogP contribution in [-0.2, 0) is 10.2 Å². The van der Waals surface area contributed by atoms with Gasteiger partial charge in [-0.15, -0.1) is 0 Å². The number of carbonyl (C=O) groups excluding carboxylic acids is 1. The molecule has 3 aliphatic heterocycles. The average molecular weight is 347 g/mol. The number of likely N-dealkylation sites (N-methyl/N-ethyl adjacent to an activating group) is 1. The van der Waals surface area contributed by atoms with Crippen LogP contribution >= 0.6 is 0 Å². The molecule has 25 heavy (non-hydrogen) atoms. The Bertz CT molecular complexity index is 543. The lowest BCUT2D eigenvalue weighted by Gasteiger charge is -2.37. The molecule has 0 radical (unpaired) electrons. The third-order valence-electron chi connectivity index (χ3n) is 5.41. The maximum absolute atomic E-state index is 12.9. The van der Waals surface area contributed by atoms with E-state index >= 15 is 0 Å². The van der Waals surface area contributed by atoms with E-state index < -0.39 is 0 Å². The standard InChI is InChI=1S/C16H20N2O.3C2H6/c1-17-13-7-3-2-6-12(13)16(15(17)19)9-11-18-10-5-4-8-14(16)18;3*1-2/h2-3,6-7,14H,4-5,8-11H2,1H3;3*1-2H3. The number of amides is 1. The number of hydrogen-bond acceptors (Lipinski definition) is 2. The Morgan fingerprint density at radius 3 is 2.28 bits per heavy atom. The molecule has 2 unspecified atom stereocenters. The number of para-hydroxylation sites is 1. The fourth-order valence-electron chi connectivity index (χ4n) is 4.53. The zero-order chi connectivity index (χ0) is 19.0. The molecule has 3 heteroatoms. The van der Waals surface area contributed by atoms with Gasteiger partial charge in [-0.2, -0.15) is 0 Å². The molecule has 3 nitrogen and oxygen atoms in total. The molecule has 142 valence electrons. The number of benzene rings is 1. The molecule has 4 rings (SSSR count). The fourth-order valence-corrected chi connectivity index (χ4v) is 4.53. The minimum absolute atomic E-state index is 0.244. The van der Waals surface area contributed by atoms with Gasteiger partial charge in [0, 0.05) is 18.8 Å². The van der Waals surface area contributed by atoms with Crippen molar-refractivity contribution < 1.29 is 4.79 Å². The molecule has 2 atom stereocenters. The van der Waals surface area contributed by atoms with Crippen LogP contribution in [-0.4, -0.2) is 37.0 Å². The number of hydrogen-bond donors (Lipinski definition) is 0. The molecular formula is C22H38N2O. The van der Waals surface area contributed by atoms with Crippen LogP contribution < -0.4 is 4.90 Å². The summed E-state index contributed by atoms with van der Waals surface area (Å²) >= 11 is 0. The van der Waals surface area contributed by atoms with Crippen LogP contribution in [0, 0.1) is 0 Å². The van der Waals surface area contributed by atoms with E-state index in [0.717, 1.165) is 18.7 Å². The van der Waals surface area contributed by atoms with E-state index in [0.29, 0.717) is 11.9 Å². The first-order valence-electron chi connectivity index (χ1n) is 10.4. The van der Waals surface area contributed by atoms with Crippen molar-refractivity contribution in [2.24, 2.45) is 0 Å². The Kier molecular flexibility index (Phi) is 8.64. The van der Waals surface area contributed by atoms with E-state index in [4.69, 9.17) is 0 Å². The third kappa shape index (κ3) is 3.48. The third-order valence-corrected chi connectivity index (χ3v) is 5.41. The summed E-state index contributed by atoms with van der Waals surface area (Å²) in [6, 6.07) is 8.82. The molecule has 3 heterocycles. The Morgan fingerprint density at radius 2 is 1.60 bits per heavy atom. The minimum Gasteiger partial charge on any atom is -0.314 e. The summed E-state index contributed by atoms with van der Waals surface area (Å²) in [6.07, 6.45) is 4.73. The van der Waals surface area contributed by atoms with Crippen LogP contribution in [0.3, 0.4) is 0 Å². The number of anilines is 1. The number of carbonyl (C=O) groups is 1. The summed E-state index contributed by atoms with van der Waals surface area (Å²) in [5.74, 6) is 0.322. The van der Waals surface area contributed by atoms with E-state index in [1.807, 2.05) is 59.6 Å². The second kappa shape index (κ2) is 9.96. The zero-order valence-electron chi connectivity index (χ0n) is 17.4. The monoisotopic (exact) mass is 346 g/mol. The zero-order valence-corrected chi connectivity index (χ0v) is 17.4. The summed E-state index contributed by atoms with van der Waals surface area (Å²) in [7, 11) is 1.93. The van der Waals surface area contributed by atoms with E-state index in [-0.39, 0.29) is 5.41 Å². The molecule has 0 bridgehead atoms. The normalized spacial score (nSPS) is 26.4. The topological polar surface area (TPSA) is 23.6 Å². The lowest BCUT2D eigenvalue weighted by atomic mass is 9.73. The van der Waals surface area contributed by atoms with Crippen LogP contribution in [0.25, 0.3) is 0 Å². The molecule has 1 aromatic carbocycles. The highest BCUT2D eigenvalue weighted by Gasteiger charge is 2.59. The van der Waals surface area contributed by atoms with Gasteiger partial charge in [0.25, 0.3) is 0 Å². The number of fused-ring (bicyclic) bond motifs is 4. The summed E-state index contributed by atoms with van der Waals surface area (Å²) in [5, 5.41) is 0. The molecule has 0 N–H and O–H groups in total. The van der Waals surface area contributed by atoms with E-state index in [1.165, 1.54) is 31.4 Å². The van der Waals surface area contributed by atoms with Crippen molar-refractivity contribution in [3.05, 3.63) is 29.8 Å². The van der Waals surface area contributed by atoms with Gasteiger partial charge in [0.1, 0.15) is 0 Å². The van der Waals surface area contributed by atoms with Gasteiger partial charge in [0.05, 0.1) is 5.41 Å². The second-order valence-corrected chi connectivity index (χ2v) is 6.15. The predicted octanol–water partition coefficient (Wildman–Crippen LogP) is 5.24. The summed E-state index contributed by atoms with van der Waals surface area (Å²) in [6.45, 7) is 14.3. The molecule has 1 aromatic rings. The lowest BCUT2D eigenvalue weighted by molar-refractivity contribution is -0.124. The highest BCUT2D eigenvalue weighted by Crippen LogP contribution is 2.52. The van der Waals surface area contributed by atoms with Crippen molar-refractivity contribution >= 4 is 11.6 Å². The molecule has 0 saturated carbocycles. The van der Waals surface area contributed by atoms with Crippen molar-refractivity contribution in [2.45, 2.75) is 78.7 Å². The molecule has 2 fully saturated rings. The van der Waals surface area contributed by atoms with Gasteiger partial charge in [0.15, 0.2) is 0 Å². The molecule has 0 aromatic heterocycles. The maximum Gasteiger partial charge on any atom is 0.239 e. The van der Waals surface area contributed by atoms with Crippen LogP contribution in [0.2, 0.25) is 0 Å². The maximum atomic E-state index is 12.9. The van der Waals surface area contributed by atoms with Gasteiger partial charge in [0.2, 0.25) is 5.91 Å². The van der Waals surface area contributed by atoms with Gasteiger partial charge < -0.3 is 4.90 Å². The van der Waals surface area contributed by atoms with Crippen molar-refractivity contribution in [3.8, 4) is 0 Å². The first kappa shape index (κ1) is 21.7. The minimum atomic E-state index is -0.244. The average Bonchev–Trinajstić information content (AvgIpc) is 3.21. The summed E-state index contributed by atoms with van der Waals surface area (Å²) in [4.78, 5) is 17.4. The SMILES string of the molecule is CC.CC.CC.CN1C(=O)C2(CCN3CCCCC32)c2ccccc21. The lowest BCUT2D eigenvalue weighted by Crippen LogP contribution is -2.50. The van der Waals surface area contributed by atoms with Crippen LogP contribution in [0.1, 0.15) is 72.8 Å². The predicted molar refractivity (Wildman–Crippen MR) is 109 cm³/mol. The summed E-state index contributed by atoms with van der Waals surface area (Å²) < 4.78 is 0. The Morgan fingerprint density at radius 1 is 0.960 bits per heavy atom. The van der Waals surface area contributed by atoms with E-state index in [9.17, 15) is 4.79 Å². The molecule has 1 amide bonds. The fraction of sp³-hybridized carbons (Fsp3) is 0.682. The van der Waals surface area contributed by atoms with Crippen molar-refractivity contribution in [1.82, 2.24) is 4.90 Å². The Balaban J connectivity index is 0.000000475. The van der Waals surface area contributed by atoms with Crippen molar-refractivity contribution in [3.63, 3.8) is 0 Å². The van der Waals surface area contributed by atoms with Gasteiger partial charge in [-0.1, -0.05) is 66.2 Å². The first-order valence-corrected chi connectivity index (χ1v) is 10.4. The molecular weight excluding hydrogens is 308 g/mol. The quantitative estimate of drug-likeness (QED) is 0.641. The van der Waals surface area contributed by atoms with Gasteiger partial charge in [-0.05, 0) is 44.0 Å². The van der Waals surface area contributed by atoms with Crippen LogP contribution in [0.15, 0.2) is 24.3 Å². The van der Waals surface area contributed by atoms with E-state index in [2.05, 4.69) is 23.1 Å². The smallest absolute Gasteiger partial charge is 0.239 e. The Labute approximate surface area is 155 Å². The van der Waals surface area contributed by atoms with Gasteiger partial charge in [-0.3, -0.25) is 9.69 Å².